The lowest BCUT2D eigenvalue weighted by molar-refractivity contribution is -0.143. The Morgan fingerprint density at radius 3 is 2.26 bits per heavy atom. The summed E-state index contributed by atoms with van der Waals surface area (Å²) < 4.78 is 10.4. The summed E-state index contributed by atoms with van der Waals surface area (Å²) in [4.78, 5) is 12.0. The summed E-state index contributed by atoms with van der Waals surface area (Å²) in [6.07, 6.45) is 1.74. The van der Waals surface area contributed by atoms with Crippen molar-refractivity contribution in [3.63, 3.8) is 0 Å². The number of esters is 1. The van der Waals surface area contributed by atoms with Crippen molar-refractivity contribution in [3.05, 3.63) is 29.3 Å². The first kappa shape index (κ1) is 13.9. The largest absolute Gasteiger partial charge is 0.496 e. The molecule has 2 rings (SSSR count). The van der Waals surface area contributed by atoms with E-state index in [1.165, 1.54) is 7.11 Å². The van der Waals surface area contributed by atoms with Gasteiger partial charge < -0.3 is 9.47 Å². The Hall–Kier alpha value is -1.51. The zero-order valence-corrected chi connectivity index (χ0v) is 12.4. The van der Waals surface area contributed by atoms with E-state index < -0.39 is 5.41 Å². The third-order valence-electron chi connectivity index (χ3n) is 3.89. The van der Waals surface area contributed by atoms with Crippen LogP contribution in [0.15, 0.2) is 18.2 Å². The van der Waals surface area contributed by atoms with Gasteiger partial charge in [0.25, 0.3) is 0 Å². The van der Waals surface area contributed by atoms with Gasteiger partial charge in [0.1, 0.15) is 5.75 Å². The molecule has 0 bridgehead atoms. The molecule has 0 N–H and O–H groups in total. The van der Waals surface area contributed by atoms with E-state index >= 15 is 0 Å². The summed E-state index contributed by atoms with van der Waals surface area (Å²) >= 11 is 0. The molecular formula is C16H22O3. The normalized spacial score (nSPS) is 16.9. The molecule has 0 radical (unpaired) electrons. The van der Waals surface area contributed by atoms with Gasteiger partial charge in [0, 0.05) is 0 Å². The van der Waals surface area contributed by atoms with Gasteiger partial charge in [0.2, 0.25) is 0 Å². The van der Waals surface area contributed by atoms with Crippen LogP contribution in [0.2, 0.25) is 0 Å². The Kier molecular flexibility index (Phi) is 3.33. The molecule has 1 saturated carbocycles. The number of hydrogen-bond donors (Lipinski definition) is 0. The fraction of sp³-hybridized carbons (Fsp3) is 0.562. The first-order valence-electron chi connectivity index (χ1n) is 6.62. The maximum Gasteiger partial charge on any atom is 0.316 e. The van der Waals surface area contributed by atoms with E-state index in [0.717, 1.165) is 29.7 Å². The van der Waals surface area contributed by atoms with Gasteiger partial charge in [-0.2, -0.15) is 0 Å². The first-order valence-corrected chi connectivity index (χ1v) is 6.62. The lowest BCUT2D eigenvalue weighted by Gasteiger charge is -2.24. The van der Waals surface area contributed by atoms with Gasteiger partial charge in [-0.1, -0.05) is 32.9 Å². The van der Waals surface area contributed by atoms with Crippen LogP contribution >= 0.6 is 0 Å². The molecule has 19 heavy (non-hydrogen) atoms. The maximum atomic E-state index is 12.0. The van der Waals surface area contributed by atoms with Gasteiger partial charge >= 0.3 is 5.97 Å². The minimum Gasteiger partial charge on any atom is -0.496 e. The van der Waals surface area contributed by atoms with Crippen molar-refractivity contribution in [1.82, 2.24) is 0 Å². The molecule has 1 aliphatic rings. The zero-order chi connectivity index (χ0) is 14.3. The lowest BCUT2D eigenvalue weighted by Crippen LogP contribution is -2.23. The van der Waals surface area contributed by atoms with Crippen molar-refractivity contribution in [3.8, 4) is 5.75 Å². The summed E-state index contributed by atoms with van der Waals surface area (Å²) in [6, 6.07) is 6.04. The van der Waals surface area contributed by atoms with E-state index in [0.29, 0.717) is 0 Å². The number of ether oxygens (including phenoxy) is 2. The highest BCUT2D eigenvalue weighted by molar-refractivity contribution is 5.86. The fourth-order valence-electron chi connectivity index (χ4n) is 2.52. The topological polar surface area (TPSA) is 35.5 Å². The van der Waals surface area contributed by atoms with Gasteiger partial charge in [0.05, 0.1) is 19.6 Å². The zero-order valence-electron chi connectivity index (χ0n) is 12.4. The summed E-state index contributed by atoms with van der Waals surface area (Å²) in [5.74, 6) is 0.745. The molecule has 0 spiro atoms. The molecule has 1 aliphatic carbocycles. The molecule has 0 aromatic heterocycles. The SMILES string of the molecule is COC(=O)C1(c2ccc(OC)c(C(C)(C)C)c2)CC1. The van der Waals surface area contributed by atoms with Crippen molar-refractivity contribution in [2.45, 2.75) is 44.4 Å². The average Bonchev–Trinajstić information content (AvgIpc) is 3.17. The Balaban J connectivity index is 2.48. The van der Waals surface area contributed by atoms with Crippen molar-refractivity contribution in [1.29, 1.82) is 0 Å². The van der Waals surface area contributed by atoms with Crippen LogP contribution in [0.4, 0.5) is 0 Å². The van der Waals surface area contributed by atoms with Crippen LogP contribution in [0, 0.1) is 0 Å². The van der Waals surface area contributed by atoms with Gasteiger partial charge in [0.15, 0.2) is 0 Å². The molecule has 0 heterocycles. The van der Waals surface area contributed by atoms with E-state index in [-0.39, 0.29) is 11.4 Å². The highest BCUT2D eigenvalue weighted by Gasteiger charge is 2.52. The van der Waals surface area contributed by atoms with Crippen LogP contribution in [0.25, 0.3) is 0 Å². The van der Waals surface area contributed by atoms with Gasteiger partial charge in [-0.3, -0.25) is 4.79 Å². The van der Waals surface area contributed by atoms with E-state index in [4.69, 9.17) is 9.47 Å². The van der Waals surface area contributed by atoms with Gasteiger partial charge in [-0.15, -0.1) is 0 Å². The van der Waals surface area contributed by atoms with Gasteiger partial charge in [-0.05, 0) is 35.4 Å². The predicted octanol–water partition coefficient (Wildman–Crippen LogP) is 3.20. The second-order valence-corrected chi connectivity index (χ2v) is 6.24. The Bertz CT molecular complexity index is 493. The summed E-state index contributed by atoms with van der Waals surface area (Å²) in [5, 5.41) is 0. The molecule has 0 amide bonds. The van der Waals surface area contributed by atoms with E-state index in [1.54, 1.807) is 7.11 Å². The molecular weight excluding hydrogens is 240 g/mol. The molecule has 0 aliphatic heterocycles. The summed E-state index contributed by atoms with van der Waals surface area (Å²) in [5.41, 5.74) is 1.74. The molecule has 0 unspecified atom stereocenters. The Labute approximate surface area is 114 Å². The standard InChI is InChI=1S/C16H22O3/c1-15(2,3)12-10-11(6-7-13(12)18-4)16(8-9-16)14(17)19-5/h6-7,10H,8-9H2,1-5H3. The Morgan fingerprint density at radius 2 is 1.84 bits per heavy atom. The average molecular weight is 262 g/mol. The van der Waals surface area contributed by atoms with Crippen molar-refractivity contribution >= 4 is 5.97 Å². The molecule has 3 heteroatoms. The highest BCUT2D eigenvalue weighted by atomic mass is 16.5. The number of rotatable bonds is 3. The van der Waals surface area contributed by atoms with Gasteiger partial charge in [-0.25, -0.2) is 0 Å². The second kappa shape index (κ2) is 4.55. The number of methoxy groups -OCH3 is 2. The molecule has 1 aromatic carbocycles. The predicted molar refractivity (Wildman–Crippen MR) is 74.6 cm³/mol. The number of carbonyl (C=O) groups excluding carboxylic acids is 1. The van der Waals surface area contributed by atoms with Crippen LogP contribution < -0.4 is 4.74 Å². The minimum atomic E-state index is -0.416. The van der Waals surface area contributed by atoms with Crippen LogP contribution in [0.1, 0.15) is 44.7 Å². The van der Waals surface area contributed by atoms with E-state index in [2.05, 4.69) is 26.8 Å². The van der Waals surface area contributed by atoms with Crippen LogP contribution in [0.5, 0.6) is 5.75 Å². The number of carbonyl (C=O) groups is 1. The fourth-order valence-corrected chi connectivity index (χ4v) is 2.52. The van der Waals surface area contributed by atoms with E-state index in [1.807, 2.05) is 12.1 Å². The van der Waals surface area contributed by atoms with Crippen LogP contribution in [0.3, 0.4) is 0 Å². The van der Waals surface area contributed by atoms with E-state index in [9.17, 15) is 4.79 Å². The third kappa shape index (κ3) is 2.34. The molecule has 1 fully saturated rings. The molecule has 3 nitrogen and oxygen atoms in total. The third-order valence-corrected chi connectivity index (χ3v) is 3.89. The summed E-state index contributed by atoms with van der Waals surface area (Å²) in [6.45, 7) is 6.44. The van der Waals surface area contributed by atoms with Crippen LogP contribution in [-0.2, 0) is 20.4 Å². The second-order valence-electron chi connectivity index (χ2n) is 6.24. The highest BCUT2D eigenvalue weighted by Crippen LogP contribution is 2.50. The van der Waals surface area contributed by atoms with Crippen molar-refractivity contribution in [2.75, 3.05) is 14.2 Å². The number of hydrogen-bond acceptors (Lipinski definition) is 3. The summed E-state index contributed by atoms with van der Waals surface area (Å²) in [7, 11) is 3.13. The Morgan fingerprint density at radius 1 is 1.21 bits per heavy atom. The minimum absolute atomic E-state index is 0.0203. The molecule has 104 valence electrons. The van der Waals surface area contributed by atoms with Crippen molar-refractivity contribution in [2.24, 2.45) is 0 Å². The smallest absolute Gasteiger partial charge is 0.316 e. The van der Waals surface area contributed by atoms with Crippen molar-refractivity contribution < 1.29 is 14.3 Å². The molecule has 1 aromatic rings. The quantitative estimate of drug-likeness (QED) is 0.785. The monoisotopic (exact) mass is 262 g/mol. The lowest BCUT2D eigenvalue weighted by atomic mass is 9.83. The molecule has 0 atom stereocenters. The van der Waals surface area contributed by atoms with Crippen LogP contribution in [-0.4, -0.2) is 20.2 Å². The first-order chi connectivity index (χ1) is 8.85. The molecule has 0 saturated heterocycles. The maximum absolute atomic E-state index is 12.0. The number of benzene rings is 1.